The first kappa shape index (κ1) is 22.2. The lowest BCUT2D eigenvalue weighted by Gasteiger charge is -2.15. The van der Waals surface area contributed by atoms with E-state index in [9.17, 15) is 0 Å². The maximum absolute atomic E-state index is 6.25. The van der Waals surface area contributed by atoms with Gasteiger partial charge in [0.15, 0.2) is 5.82 Å². The van der Waals surface area contributed by atoms with Crippen LogP contribution in [0, 0.1) is 4.77 Å². The number of H-pyrrole nitrogens is 1. The van der Waals surface area contributed by atoms with Crippen molar-refractivity contribution < 1.29 is 9.47 Å². The highest BCUT2D eigenvalue weighted by molar-refractivity contribution is 7.71. The number of aromatic nitrogens is 3. The van der Waals surface area contributed by atoms with Crippen molar-refractivity contribution in [3.8, 4) is 22.9 Å². The molecular weight excluding hydrogens is 467 g/mol. The second-order valence-corrected chi connectivity index (χ2v) is 8.15. The average Bonchev–Trinajstić information content (AvgIpc) is 3.17. The van der Waals surface area contributed by atoms with Crippen LogP contribution >= 0.6 is 35.4 Å². The fourth-order valence-electron chi connectivity index (χ4n) is 3.23. The van der Waals surface area contributed by atoms with Crippen molar-refractivity contribution in [3.63, 3.8) is 0 Å². The van der Waals surface area contributed by atoms with Gasteiger partial charge in [-0.05, 0) is 60.2 Å². The Morgan fingerprint density at radius 2 is 1.81 bits per heavy atom. The van der Waals surface area contributed by atoms with Gasteiger partial charge in [0.1, 0.15) is 18.1 Å². The third-order valence-electron chi connectivity index (χ3n) is 4.75. The number of aromatic amines is 1. The first-order chi connectivity index (χ1) is 15.5. The summed E-state index contributed by atoms with van der Waals surface area (Å²) in [5.74, 6) is 2.00. The van der Waals surface area contributed by atoms with Gasteiger partial charge in [0.2, 0.25) is 4.77 Å². The van der Waals surface area contributed by atoms with Crippen LogP contribution in [0.15, 0.2) is 66.7 Å². The molecule has 0 spiro atoms. The monoisotopic (exact) mass is 486 g/mol. The lowest BCUT2D eigenvalue weighted by Crippen LogP contribution is -2.16. The Morgan fingerprint density at radius 1 is 1.00 bits per heavy atom. The Bertz CT molecular complexity index is 1290. The summed E-state index contributed by atoms with van der Waals surface area (Å²) in [6.07, 6.45) is 0. The molecule has 0 saturated heterocycles. The summed E-state index contributed by atoms with van der Waals surface area (Å²) in [6.45, 7) is 0.786. The summed E-state index contributed by atoms with van der Waals surface area (Å²) in [4.78, 5) is 0. The summed E-state index contributed by atoms with van der Waals surface area (Å²) in [5, 5.41) is 8.47. The van der Waals surface area contributed by atoms with Crippen LogP contribution in [-0.2, 0) is 13.2 Å². The number of rotatable bonds is 8. The molecule has 0 aliphatic heterocycles. The van der Waals surface area contributed by atoms with Gasteiger partial charge in [-0.25, -0.2) is 9.77 Å². The van der Waals surface area contributed by atoms with Crippen molar-refractivity contribution in [2.45, 2.75) is 13.2 Å². The molecule has 0 atom stereocenters. The summed E-state index contributed by atoms with van der Waals surface area (Å²) in [5.41, 5.74) is 5.95. The molecule has 2 N–H and O–H groups in total. The second-order valence-electron chi connectivity index (χ2n) is 6.89. The Morgan fingerprint density at radius 3 is 2.62 bits per heavy atom. The normalized spacial score (nSPS) is 10.7. The van der Waals surface area contributed by atoms with E-state index in [0.29, 0.717) is 45.3 Å². The number of hydrogen-bond donors (Lipinski definition) is 2. The molecule has 164 valence electrons. The maximum atomic E-state index is 6.25. The minimum absolute atomic E-state index is 0.382. The van der Waals surface area contributed by atoms with E-state index >= 15 is 0 Å². The molecule has 0 unspecified atom stereocenters. The molecule has 0 radical (unpaired) electrons. The molecular formula is C23H20Cl2N4O2S. The smallest absolute Gasteiger partial charge is 0.214 e. The van der Waals surface area contributed by atoms with Crippen LogP contribution in [0.4, 0.5) is 0 Å². The Labute approximate surface area is 200 Å². The standard InChI is InChI=1S/C23H20Cl2N4O2S/c1-30-21-8-3-2-7-19(21)22-27-28-23(32)29(22)26-13-16-12-18(25)9-10-20(16)31-14-15-5-4-6-17(24)11-15/h2-12,26H,13-14H2,1H3,(H,28,32). The Balaban J connectivity index is 1.56. The van der Waals surface area contributed by atoms with Crippen LogP contribution in [0.25, 0.3) is 11.4 Å². The first-order valence-corrected chi connectivity index (χ1v) is 10.9. The zero-order valence-corrected chi connectivity index (χ0v) is 19.5. The number of nitrogens with zero attached hydrogens (tertiary/aromatic N) is 2. The summed E-state index contributed by atoms with van der Waals surface area (Å²) < 4.78 is 13.6. The SMILES string of the molecule is COc1ccccc1-c1n[nH]c(=S)n1NCc1cc(Cl)ccc1OCc1cccc(Cl)c1. The van der Waals surface area contributed by atoms with Gasteiger partial charge >= 0.3 is 0 Å². The molecule has 0 aliphatic carbocycles. The van der Waals surface area contributed by atoms with Crippen molar-refractivity contribution in [2.24, 2.45) is 0 Å². The van der Waals surface area contributed by atoms with Gasteiger partial charge in [-0.1, -0.05) is 47.5 Å². The van der Waals surface area contributed by atoms with Crippen molar-refractivity contribution in [3.05, 3.63) is 92.7 Å². The lowest BCUT2D eigenvalue weighted by atomic mass is 10.2. The van der Waals surface area contributed by atoms with Gasteiger partial charge in [0, 0.05) is 15.6 Å². The Hall–Kier alpha value is -3.00. The van der Waals surface area contributed by atoms with Crippen LogP contribution < -0.4 is 14.9 Å². The highest BCUT2D eigenvalue weighted by Gasteiger charge is 2.14. The molecule has 3 aromatic carbocycles. The average molecular weight is 487 g/mol. The molecule has 1 heterocycles. The number of methoxy groups -OCH3 is 1. The fourth-order valence-corrected chi connectivity index (χ4v) is 3.84. The van der Waals surface area contributed by atoms with Crippen LogP contribution in [0.3, 0.4) is 0 Å². The number of ether oxygens (including phenoxy) is 2. The molecule has 0 amide bonds. The zero-order chi connectivity index (χ0) is 22.5. The molecule has 0 saturated carbocycles. The van der Waals surface area contributed by atoms with Gasteiger partial charge in [0.25, 0.3) is 0 Å². The van der Waals surface area contributed by atoms with E-state index in [1.165, 1.54) is 0 Å². The van der Waals surface area contributed by atoms with Gasteiger partial charge in [-0.15, -0.1) is 0 Å². The molecule has 0 bridgehead atoms. The second kappa shape index (κ2) is 10.1. The van der Waals surface area contributed by atoms with Crippen LogP contribution in [0.2, 0.25) is 10.0 Å². The highest BCUT2D eigenvalue weighted by Crippen LogP contribution is 2.28. The predicted octanol–water partition coefficient (Wildman–Crippen LogP) is 6.25. The van der Waals surface area contributed by atoms with E-state index < -0.39 is 0 Å². The van der Waals surface area contributed by atoms with E-state index in [4.69, 9.17) is 44.9 Å². The molecule has 6 nitrogen and oxygen atoms in total. The van der Waals surface area contributed by atoms with Crippen LogP contribution in [0.1, 0.15) is 11.1 Å². The van der Waals surface area contributed by atoms with Gasteiger partial charge in [-0.2, -0.15) is 5.10 Å². The summed E-state index contributed by atoms with van der Waals surface area (Å²) in [6, 6.07) is 20.7. The minimum Gasteiger partial charge on any atom is -0.496 e. The quantitative estimate of drug-likeness (QED) is 0.288. The minimum atomic E-state index is 0.382. The highest BCUT2D eigenvalue weighted by atomic mass is 35.5. The molecule has 0 fully saturated rings. The van der Waals surface area contributed by atoms with Crippen molar-refractivity contribution in [2.75, 3.05) is 12.5 Å². The van der Waals surface area contributed by atoms with E-state index in [0.717, 1.165) is 16.7 Å². The molecule has 9 heteroatoms. The van der Waals surface area contributed by atoms with E-state index in [-0.39, 0.29) is 0 Å². The van der Waals surface area contributed by atoms with Gasteiger partial charge in [0.05, 0.1) is 19.2 Å². The molecule has 0 aliphatic rings. The molecule has 32 heavy (non-hydrogen) atoms. The maximum Gasteiger partial charge on any atom is 0.214 e. The van der Waals surface area contributed by atoms with E-state index in [2.05, 4.69) is 15.6 Å². The van der Waals surface area contributed by atoms with Crippen LogP contribution in [0.5, 0.6) is 11.5 Å². The molecule has 1 aromatic heterocycles. The van der Waals surface area contributed by atoms with Gasteiger partial charge in [-0.3, -0.25) is 0 Å². The molecule has 4 rings (SSSR count). The number of halogens is 2. The number of para-hydroxylation sites is 1. The van der Waals surface area contributed by atoms with Crippen LogP contribution in [-0.4, -0.2) is 22.0 Å². The summed E-state index contributed by atoms with van der Waals surface area (Å²) in [7, 11) is 1.62. The predicted molar refractivity (Wildman–Crippen MR) is 130 cm³/mol. The zero-order valence-electron chi connectivity index (χ0n) is 17.1. The van der Waals surface area contributed by atoms with E-state index in [1.54, 1.807) is 17.9 Å². The third kappa shape index (κ3) is 5.07. The number of hydrogen-bond acceptors (Lipinski definition) is 5. The molecule has 4 aromatic rings. The first-order valence-electron chi connectivity index (χ1n) is 9.75. The fraction of sp³-hybridized carbons (Fsp3) is 0.130. The van der Waals surface area contributed by atoms with E-state index in [1.807, 2.05) is 60.7 Å². The topological polar surface area (TPSA) is 64.1 Å². The number of benzene rings is 3. The van der Waals surface area contributed by atoms with Crippen molar-refractivity contribution in [1.82, 2.24) is 14.9 Å². The van der Waals surface area contributed by atoms with Gasteiger partial charge < -0.3 is 14.9 Å². The third-order valence-corrected chi connectivity index (χ3v) is 5.50. The summed E-state index contributed by atoms with van der Waals surface area (Å²) >= 11 is 17.7. The number of nitrogens with one attached hydrogen (secondary N) is 2. The Kier molecular flexibility index (Phi) is 6.99. The largest absolute Gasteiger partial charge is 0.496 e. The lowest BCUT2D eigenvalue weighted by molar-refractivity contribution is 0.303. The van der Waals surface area contributed by atoms with Crippen molar-refractivity contribution >= 4 is 35.4 Å². The van der Waals surface area contributed by atoms with Crippen molar-refractivity contribution in [1.29, 1.82) is 0 Å².